The van der Waals surface area contributed by atoms with Crippen LogP contribution < -0.4 is 10.6 Å². The molecule has 9 heteroatoms. The van der Waals surface area contributed by atoms with Crippen molar-refractivity contribution in [2.24, 2.45) is 0 Å². The van der Waals surface area contributed by atoms with Gasteiger partial charge in [-0.25, -0.2) is 9.31 Å². The lowest BCUT2D eigenvalue weighted by Crippen LogP contribution is -2.20. The van der Waals surface area contributed by atoms with Gasteiger partial charge in [0.2, 0.25) is 4.96 Å². The van der Waals surface area contributed by atoms with Gasteiger partial charge in [-0.1, -0.05) is 41.4 Å². The molecule has 6 nitrogen and oxygen atoms in total. The third-order valence-corrected chi connectivity index (χ3v) is 4.83. The molecule has 2 heterocycles. The fourth-order valence-corrected chi connectivity index (χ4v) is 3.53. The van der Waals surface area contributed by atoms with Crippen LogP contribution in [0, 0.1) is 0 Å². The van der Waals surface area contributed by atoms with Crippen LogP contribution in [0.25, 0.3) is 16.2 Å². The molecular formula is C17H11Cl2N5OS. The Kier molecular flexibility index (Phi) is 4.50. The van der Waals surface area contributed by atoms with E-state index in [1.54, 1.807) is 28.8 Å². The van der Waals surface area contributed by atoms with E-state index >= 15 is 0 Å². The minimum Gasteiger partial charge on any atom is -0.308 e. The van der Waals surface area contributed by atoms with Gasteiger partial charge in [-0.3, -0.25) is 5.32 Å². The van der Waals surface area contributed by atoms with Crippen molar-refractivity contribution in [2.45, 2.75) is 0 Å². The van der Waals surface area contributed by atoms with Gasteiger partial charge in [0.1, 0.15) is 0 Å². The standard InChI is InChI=1S/C17H11Cl2N5OS/c18-11-6-4-10(5-7-11)14-9-26-17-22-15(23-24(14)17)21-16(25)20-13-3-1-2-12(19)8-13/h1-9H,(H2,20,21,23,25). The molecule has 0 aliphatic carbocycles. The largest absolute Gasteiger partial charge is 0.326 e. The molecule has 0 radical (unpaired) electrons. The zero-order chi connectivity index (χ0) is 18.1. The quantitative estimate of drug-likeness (QED) is 0.480. The molecule has 0 atom stereocenters. The van der Waals surface area contributed by atoms with Crippen molar-refractivity contribution in [3.63, 3.8) is 0 Å². The Balaban J connectivity index is 1.54. The molecule has 4 rings (SSSR count). The second-order valence-electron chi connectivity index (χ2n) is 5.35. The van der Waals surface area contributed by atoms with Crippen LogP contribution in [0.2, 0.25) is 10.0 Å². The van der Waals surface area contributed by atoms with Crippen molar-refractivity contribution in [1.29, 1.82) is 0 Å². The first-order valence-electron chi connectivity index (χ1n) is 7.52. The topological polar surface area (TPSA) is 71.3 Å². The van der Waals surface area contributed by atoms with Gasteiger partial charge in [0.15, 0.2) is 0 Å². The van der Waals surface area contributed by atoms with Crippen LogP contribution in [-0.2, 0) is 0 Å². The van der Waals surface area contributed by atoms with E-state index < -0.39 is 6.03 Å². The average molecular weight is 404 g/mol. The third-order valence-electron chi connectivity index (χ3n) is 3.53. The van der Waals surface area contributed by atoms with Crippen molar-refractivity contribution in [1.82, 2.24) is 14.6 Å². The highest BCUT2D eigenvalue weighted by atomic mass is 35.5. The van der Waals surface area contributed by atoms with Crippen molar-refractivity contribution in [2.75, 3.05) is 10.6 Å². The second-order valence-corrected chi connectivity index (χ2v) is 7.06. The van der Waals surface area contributed by atoms with Crippen LogP contribution in [-0.4, -0.2) is 20.6 Å². The van der Waals surface area contributed by atoms with Gasteiger partial charge < -0.3 is 5.32 Å². The van der Waals surface area contributed by atoms with Gasteiger partial charge in [0.05, 0.1) is 5.69 Å². The van der Waals surface area contributed by atoms with Crippen LogP contribution in [0.4, 0.5) is 16.4 Å². The predicted octanol–water partition coefficient (Wildman–Crippen LogP) is 5.41. The molecule has 0 spiro atoms. The van der Waals surface area contributed by atoms with Crippen molar-refractivity contribution in [3.05, 3.63) is 64.0 Å². The SMILES string of the molecule is O=C(Nc1cccc(Cl)c1)Nc1nc2scc(-c3ccc(Cl)cc3)n2n1. The molecule has 26 heavy (non-hydrogen) atoms. The highest BCUT2D eigenvalue weighted by Gasteiger charge is 2.13. The number of carbonyl (C=O) groups excluding carboxylic acids is 1. The molecule has 0 saturated heterocycles. The first-order valence-corrected chi connectivity index (χ1v) is 9.16. The number of benzene rings is 2. The van der Waals surface area contributed by atoms with E-state index in [4.69, 9.17) is 23.2 Å². The number of fused-ring (bicyclic) bond motifs is 1. The van der Waals surface area contributed by atoms with Crippen LogP contribution >= 0.6 is 34.5 Å². The van der Waals surface area contributed by atoms with Crippen molar-refractivity contribution >= 4 is 57.2 Å². The maximum atomic E-state index is 12.1. The van der Waals surface area contributed by atoms with Crippen LogP contribution in [0.15, 0.2) is 53.9 Å². The normalized spacial score (nSPS) is 10.8. The number of hydrogen-bond donors (Lipinski definition) is 2. The summed E-state index contributed by atoms with van der Waals surface area (Å²) in [5, 5.41) is 12.8. The molecule has 2 aromatic carbocycles. The first kappa shape index (κ1) is 16.8. The number of rotatable bonds is 3. The summed E-state index contributed by atoms with van der Waals surface area (Å²) < 4.78 is 1.68. The number of halogens is 2. The van der Waals surface area contributed by atoms with Gasteiger partial charge in [-0.2, -0.15) is 4.98 Å². The maximum Gasteiger partial charge on any atom is 0.326 e. The monoisotopic (exact) mass is 403 g/mol. The zero-order valence-electron chi connectivity index (χ0n) is 13.1. The van der Waals surface area contributed by atoms with E-state index in [1.165, 1.54) is 11.3 Å². The Bertz CT molecular complexity index is 1090. The highest BCUT2D eigenvalue weighted by molar-refractivity contribution is 7.15. The van der Waals surface area contributed by atoms with E-state index in [-0.39, 0.29) is 5.95 Å². The van der Waals surface area contributed by atoms with Crippen molar-refractivity contribution in [3.8, 4) is 11.3 Å². The van der Waals surface area contributed by atoms with E-state index in [0.717, 1.165) is 11.3 Å². The maximum absolute atomic E-state index is 12.1. The molecular weight excluding hydrogens is 393 g/mol. The average Bonchev–Trinajstić information content (AvgIpc) is 3.15. The molecule has 2 amide bonds. The Labute approximate surface area is 162 Å². The molecule has 0 aliphatic rings. The third kappa shape index (κ3) is 3.50. The summed E-state index contributed by atoms with van der Waals surface area (Å²) in [6, 6.07) is 13.9. The summed E-state index contributed by atoms with van der Waals surface area (Å²) in [5.74, 6) is 0.214. The second kappa shape index (κ2) is 6.95. The Morgan fingerprint density at radius 3 is 2.62 bits per heavy atom. The molecule has 0 fully saturated rings. The summed E-state index contributed by atoms with van der Waals surface area (Å²) in [5.41, 5.74) is 2.41. The lowest BCUT2D eigenvalue weighted by atomic mass is 10.2. The minimum absolute atomic E-state index is 0.214. The number of carbonyl (C=O) groups is 1. The number of anilines is 2. The smallest absolute Gasteiger partial charge is 0.308 e. The number of amides is 2. The van der Waals surface area contributed by atoms with E-state index in [9.17, 15) is 4.79 Å². The summed E-state index contributed by atoms with van der Waals surface area (Å²) in [4.78, 5) is 17.1. The number of nitrogens with zero attached hydrogens (tertiary/aromatic N) is 3. The van der Waals surface area contributed by atoms with Crippen molar-refractivity contribution < 1.29 is 4.79 Å². The summed E-state index contributed by atoms with van der Waals surface area (Å²) in [6.45, 7) is 0. The Morgan fingerprint density at radius 1 is 1.04 bits per heavy atom. The predicted molar refractivity (Wildman–Crippen MR) is 105 cm³/mol. The first-order chi connectivity index (χ1) is 12.6. The Morgan fingerprint density at radius 2 is 1.85 bits per heavy atom. The summed E-state index contributed by atoms with van der Waals surface area (Å²) >= 11 is 13.3. The van der Waals surface area contributed by atoms with Crippen LogP contribution in [0.5, 0.6) is 0 Å². The number of urea groups is 1. The van der Waals surface area contributed by atoms with E-state index in [2.05, 4.69) is 20.7 Å². The van der Waals surface area contributed by atoms with Gasteiger partial charge in [0, 0.05) is 26.7 Å². The Hall–Kier alpha value is -2.61. The van der Waals surface area contributed by atoms with Crippen LogP contribution in [0.1, 0.15) is 0 Å². The van der Waals surface area contributed by atoms with Crippen LogP contribution in [0.3, 0.4) is 0 Å². The lowest BCUT2D eigenvalue weighted by molar-refractivity contribution is 0.262. The molecule has 2 aromatic heterocycles. The zero-order valence-corrected chi connectivity index (χ0v) is 15.4. The lowest BCUT2D eigenvalue weighted by Gasteiger charge is -2.05. The van der Waals surface area contributed by atoms with E-state index in [0.29, 0.717) is 20.7 Å². The summed E-state index contributed by atoms with van der Waals surface area (Å²) in [7, 11) is 0. The molecule has 4 aromatic rings. The number of aromatic nitrogens is 3. The number of hydrogen-bond acceptors (Lipinski definition) is 4. The summed E-state index contributed by atoms with van der Waals surface area (Å²) in [6.07, 6.45) is 0. The molecule has 2 N–H and O–H groups in total. The van der Waals surface area contributed by atoms with Gasteiger partial charge in [0.25, 0.3) is 5.95 Å². The number of nitrogens with one attached hydrogen (secondary N) is 2. The molecule has 0 unspecified atom stereocenters. The van der Waals surface area contributed by atoms with Gasteiger partial charge in [-0.05, 0) is 30.3 Å². The highest BCUT2D eigenvalue weighted by Crippen LogP contribution is 2.27. The van der Waals surface area contributed by atoms with E-state index in [1.807, 2.05) is 29.6 Å². The molecule has 130 valence electrons. The fraction of sp³-hybridized carbons (Fsp3) is 0. The van der Waals surface area contributed by atoms with Gasteiger partial charge in [-0.15, -0.1) is 16.4 Å². The molecule has 0 saturated carbocycles. The molecule has 0 aliphatic heterocycles. The minimum atomic E-state index is -0.446. The fourth-order valence-electron chi connectivity index (χ4n) is 2.38. The number of thiazole rings is 1. The molecule has 0 bridgehead atoms. The van der Waals surface area contributed by atoms with Gasteiger partial charge >= 0.3 is 6.03 Å².